The van der Waals surface area contributed by atoms with Gasteiger partial charge in [0.2, 0.25) is 17.7 Å². The highest BCUT2D eigenvalue weighted by molar-refractivity contribution is 6.03. The van der Waals surface area contributed by atoms with Crippen molar-refractivity contribution in [2.75, 3.05) is 17.3 Å². The topological polar surface area (TPSA) is 114 Å². The lowest BCUT2D eigenvalue weighted by atomic mass is 9.97. The second-order valence-corrected chi connectivity index (χ2v) is 10.8. The molecule has 2 N–H and O–H groups in total. The van der Waals surface area contributed by atoms with Crippen LogP contribution < -0.4 is 20.3 Å². The third-order valence-corrected chi connectivity index (χ3v) is 6.85. The van der Waals surface area contributed by atoms with Gasteiger partial charge in [-0.2, -0.15) is 0 Å². The van der Waals surface area contributed by atoms with E-state index in [9.17, 15) is 14.4 Å². The summed E-state index contributed by atoms with van der Waals surface area (Å²) in [6.45, 7) is 11.8. The van der Waals surface area contributed by atoms with Gasteiger partial charge in [-0.15, -0.1) is 0 Å². The fourth-order valence-corrected chi connectivity index (χ4v) is 4.12. The van der Waals surface area contributed by atoms with Crippen LogP contribution in [0.4, 0.5) is 11.5 Å². The van der Waals surface area contributed by atoms with E-state index >= 15 is 0 Å². The van der Waals surface area contributed by atoms with Crippen LogP contribution in [0.1, 0.15) is 82.7 Å². The molecule has 0 aliphatic carbocycles. The van der Waals surface area contributed by atoms with Gasteiger partial charge < -0.3 is 19.9 Å². The van der Waals surface area contributed by atoms with E-state index in [1.807, 2.05) is 45.0 Å². The maximum absolute atomic E-state index is 13.9. The lowest BCUT2D eigenvalue weighted by Crippen LogP contribution is -2.50. The van der Waals surface area contributed by atoms with Crippen molar-refractivity contribution in [1.29, 1.82) is 0 Å². The van der Waals surface area contributed by atoms with Crippen molar-refractivity contribution >= 4 is 29.2 Å². The zero-order valence-corrected chi connectivity index (χ0v) is 24.4. The van der Waals surface area contributed by atoms with E-state index in [-0.39, 0.29) is 36.4 Å². The fraction of sp³-hybridized carbons (Fsp3) is 0.419. The summed E-state index contributed by atoms with van der Waals surface area (Å²) in [6, 6.07) is 15.3. The first-order valence-corrected chi connectivity index (χ1v) is 13.5. The number of amides is 3. The fourth-order valence-electron chi connectivity index (χ4n) is 4.12. The predicted octanol–water partition coefficient (Wildman–Crippen LogP) is 5.91. The van der Waals surface area contributed by atoms with Crippen molar-refractivity contribution in [1.82, 2.24) is 10.5 Å². The van der Waals surface area contributed by atoms with Crippen LogP contribution in [-0.4, -0.2) is 35.5 Å². The Balaban J connectivity index is 2.00. The van der Waals surface area contributed by atoms with Crippen LogP contribution >= 0.6 is 0 Å². The number of hydrogen-bond donors (Lipinski definition) is 2. The number of ether oxygens (including phenoxy) is 1. The maximum atomic E-state index is 13.9. The molecular formula is C31H40N4O5. The molecule has 0 saturated carbocycles. The molecule has 3 amide bonds. The summed E-state index contributed by atoms with van der Waals surface area (Å²) in [5.41, 5.74) is 1.80. The average Bonchev–Trinajstić information content (AvgIpc) is 3.34. The molecule has 1 unspecified atom stereocenters. The van der Waals surface area contributed by atoms with Gasteiger partial charge in [-0.25, -0.2) is 0 Å². The summed E-state index contributed by atoms with van der Waals surface area (Å²) in [5, 5.41) is 9.52. The molecule has 0 fully saturated rings. The van der Waals surface area contributed by atoms with E-state index in [1.165, 1.54) is 4.90 Å². The van der Waals surface area contributed by atoms with Gasteiger partial charge >= 0.3 is 0 Å². The van der Waals surface area contributed by atoms with Gasteiger partial charge in [0.05, 0.1) is 7.11 Å². The second kappa shape index (κ2) is 13.3. The van der Waals surface area contributed by atoms with E-state index in [0.29, 0.717) is 35.1 Å². The lowest BCUT2D eigenvalue weighted by molar-refractivity contribution is -0.128. The summed E-state index contributed by atoms with van der Waals surface area (Å²) < 4.78 is 10.3. The molecule has 3 rings (SSSR count). The highest BCUT2D eigenvalue weighted by Gasteiger charge is 2.35. The number of carbonyl (C=O) groups excluding carboxylic acids is 3. The number of carbonyl (C=O) groups is 3. The first kappa shape index (κ1) is 30.4. The quantitative estimate of drug-likeness (QED) is 0.291. The SMILES string of the molecule is CCC(C)(C)NC(=O)C(c1ccc(OC)cc1)N(C(=O)CCC(=O)Nc1cc(C)on1)c1ccc(C(C)C)cc1. The molecule has 1 heterocycles. The number of anilines is 2. The van der Waals surface area contributed by atoms with Crippen LogP contribution in [-0.2, 0) is 14.4 Å². The molecule has 3 aromatic rings. The summed E-state index contributed by atoms with van der Waals surface area (Å²) in [4.78, 5) is 41.9. The van der Waals surface area contributed by atoms with E-state index < -0.39 is 11.6 Å². The molecule has 2 aromatic carbocycles. The Labute approximate surface area is 236 Å². The number of nitrogens with zero attached hydrogens (tertiary/aromatic N) is 2. The molecule has 0 aliphatic heterocycles. The maximum Gasteiger partial charge on any atom is 0.248 e. The number of hydrogen-bond acceptors (Lipinski definition) is 6. The Morgan fingerprint density at radius 2 is 1.62 bits per heavy atom. The Hall–Kier alpha value is -4.14. The highest BCUT2D eigenvalue weighted by Crippen LogP contribution is 2.32. The molecule has 0 aliphatic rings. The molecule has 0 radical (unpaired) electrons. The Kier molecular flexibility index (Phi) is 10.1. The Morgan fingerprint density at radius 3 is 2.15 bits per heavy atom. The van der Waals surface area contributed by atoms with Crippen molar-refractivity contribution in [3.63, 3.8) is 0 Å². The highest BCUT2D eigenvalue weighted by atomic mass is 16.5. The van der Waals surface area contributed by atoms with Crippen LogP contribution in [0.2, 0.25) is 0 Å². The predicted molar refractivity (Wildman–Crippen MR) is 155 cm³/mol. The van der Waals surface area contributed by atoms with E-state index in [1.54, 1.807) is 44.4 Å². The molecule has 0 bridgehead atoms. The van der Waals surface area contributed by atoms with Gasteiger partial charge in [-0.1, -0.05) is 50.2 Å². The number of aryl methyl sites for hydroxylation is 1. The average molecular weight is 549 g/mol. The molecular weight excluding hydrogens is 508 g/mol. The zero-order chi connectivity index (χ0) is 29.4. The van der Waals surface area contributed by atoms with Gasteiger partial charge in [0.25, 0.3) is 0 Å². The molecule has 1 aromatic heterocycles. The normalized spacial score (nSPS) is 12.1. The zero-order valence-electron chi connectivity index (χ0n) is 24.4. The molecule has 0 spiro atoms. The summed E-state index contributed by atoms with van der Waals surface area (Å²) >= 11 is 0. The number of nitrogens with one attached hydrogen (secondary N) is 2. The largest absolute Gasteiger partial charge is 0.497 e. The van der Waals surface area contributed by atoms with Gasteiger partial charge in [-0.3, -0.25) is 19.3 Å². The van der Waals surface area contributed by atoms with Gasteiger partial charge in [0, 0.05) is 30.1 Å². The van der Waals surface area contributed by atoms with Gasteiger partial charge in [0.15, 0.2) is 5.82 Å². The lowest BCUT2D eigenvalue weighted by Gasteiger charge is -2.35. The number of rotatable bonds is 12. The first-order valence-electron chi connectivity index (χ1n) is 13.5. The smallest absolute Gasteiger partial charge is 0.248 e. The first-order chi connectivity index (χ1) is 18.9. The molecule has 40 heavy (non-hydrogen) atoms. The van der Waals surface area contributed by atoms with E-state index in [0.717, 1.165) is 5.56 Å². The van der Waals surface area contributed by atoms with E-state index in [2.05, 4.69) is 29.6 Å². The van der Waals surface area contributed by atoms with Crippen molar-refractivity contribution in [2.24, 2.45) is 0 Å². The van der Waals surface area contributed by atoms with Crippen LogP contribution in [0, 0.1) is 6.92 Å². The van der Waals surface area contributed by atoms with Crippen LogP contribution in [0.25, 0.3) is 0 Å². The molecule has 9 nitrogen and oxygen atoms in total. The third kappa shape index (κ3) is 7.94. The Bertz CT molecular complexity index is 1300. The Morgan fingerprint density at radius 1 is 1.00 bits per heavy atom. The standard InChI is InChI=1S/C31H40N4O5/c1-8-31(5,6)33-30(38)29(23-11-15-25(39-7)16-12-23)35(24-13-9-22(10-14-24)20(2)3)28(37)18-17-27(36)32-26-19-21(4)40-34-26/h9-16,19-20,29H,8,17-18H2,1-7H3,(H,33,38)(H,32,34,36). The van der Waals surface area contributed by atoms with E-state index in [4.69, 9.17) is 9.26 Å². The van der Waals surface area contributed by atoms with Crippen molar-refractivity contribution in [2.45, 2.75) is 78.3 Å². The van der Waals surface area contributed by atoms with Crippen LogP contribution in [0.3, 0.4) is 0 Å². The molecule has 0 saturated heterocycles. The number of benzene rings is 2. The minimum Gasteiger partial charge on any atom is -0.497 e. The summed E-state index contributed by atoms with van der Waals surface area (Å²) in [6.07, 6.45) is 0.487. The van der Waals surface area contributed by atoms with Gasteiger partial charge in [0.1, 0.15) is 17.6 Å². The van der Waals surface area contributed by atoms with Crippen LogP contribution in [0.15, 0.2) is 59.1 Å². The van der Waals surface area contributed by atoms with Crippen molar-refractivity contribution in [3.05, 3.63) is 71.5 Å². The van der Waals surface area contributed by atoms with Crippen molar-refractivity contribution < 1.29 is 23.6 Å². The molecule has 214 valence electrons. The minimum absolute atomic E-state index is 0.0945. The third-order valence-electron chi connectivity index (χ3n) is 6.85. The van der Waals surface area contributed by atoms with Crippen molar-refractivity contribution in [3.8, 4) is 5.75 Å². The monoisotopic (exact) mass is 548 g/mol. The number of methoxy groups -OCH3 is 1. The summed E-state index contributed by atoms with van der Waals surface area (Å²) in [7, 11) is 1.57. The second-order valence-electron chi connectivity index (χ2n) is 10.8. The summed E-state index contributed by atoms with van der Waals surface area (Å²) in [5.74, 6) is 0.715. The minimum atomic E-state index is -0.976. The van der Waals surface area contributed by atoms with Gasteiger partial charge in [-0.05, 0) is 68.5 Å². The number of aromatic nitrogens is 1. The molecule has 9 heteroatoms. The molecule has 1 atom stereocenters. The van der Waals surface area contributed by atoms with Crippen LogP contribution in [0.5, 0.6) is 5.75 Å².